The fraction of sp³-hybridized carbons (Fsp3) is 0.745. The van der Waals surface area contributed by atoms with E-state index in [9.17, 15) is 39.3 Å². The van der Waals surface area contributed by atoms with Crippen LogP contribution in [0.15, 0.2) is 47.6 Å². The highest BCUT2D eigenvalue weighted by molar-refractivity contribution is 6.41. The number of piperidine rings is 1. The van der Waals surface area contributed by atoms with Gasteiger partial charge in [-0.25, -0.2) is 0 Å². The minimum Gasteiger partial charge on any atom is -0.460 e. The number of ketones is 4. The van der Waals surface area contributed by atoms with Crippen LogP contribution in [0.3, 0.4) is 0 Å². The number of aliphatic hydroxyl groups excluding tert-OH is 2. The molecular formula is C51H79NO13. The molecule has 4 aliphatic rings. The van der Waals surface area contributed by atoms with Gasteiger partial charge in [-0.05, 0) is 107 Å². The molecule has 1 aliphatic carbocycles. The highest BCUT2D eigenvalue weighted by atomic mass is 16.6. The maximum Gasteiger partial charge on any atom is 0.323 e. The van der Waals surface area contributed by atoms with Crippen molar-refractivity contribution < 1.29 is 63.0 Å². The predicted octanol–water partition coefficient (Wildman–Crippen LogP) is 5.88. The number of fused-ring (bicyclic) bond motifs is 4. The van der Waals surface area contributed by atoms with E-state index in [0.29, 0.717) is 63.4 Å². The van der Waals surface area contributed by atoms with Gasteiger partial charge in [-0.2, -0.15) is 0 Å². The zero-order valence-corrected chi connectivity index (χ0v) is 40.5. The lowest BCUT2D eigenvalue weighted by Crippen LogP contribution is -2.60. The Labute approximate surface area is 387 Å². The van der Waals surface area contributed by atoms with Crippen LogP contribution < -0.4 is 5.32 Å². The Kier molecular flexibility index (Phi) is 21.1. The Morgan fingerprint density at radius 3 is 2.22 bits per heavy atom. The lowest BCUT2D eigenvalue weighted by Gasteiger charge is -2.42. The third-order valence-corrected chi connectivity index (χ3v) is 14.5. The van der Waals surface area contributed by atoms with Crippen molar-refractivity contribution in [3.63, 3.8) is 0 Å². The highest BCUT2D eigenvalue weighted by Gasteiger charge is 2.52. The number of hydrogen-bond donors (Lipinski definition) is 4. The van der Waals surface area contributed by atoms with Crippen molar-refractivity contribution >= 4 is 29.1 Å². The van der Waals surface area contributed by atoms with Gasteiger partial charge in [-0.15, -0.1) is 0 Å². The lowest BCUT2D eigenvalue weighted by molar-refractivity contribution is -0.264. The van der Waals surface area contributed by atoms with Crippen LogP contribution >= 0.6 is 0 Å². The van der Waals surface area contributed by atoms with E-state index in [1.54, 1.807) is 41.1 Å². The number of rotatable bonds is 6. The van der Waals surface area contributed by atoms with Crippen LogP contribution in [-0.4, -0.2) is 126 Å². The van der Waals surface area contributed by atoms with Gasteiger partial charge >= 0.3 is 5.97 Å². The number of allylic oxidation sites excluding steroid dienone is 6. The maximum absolute atomic E-state index is 14.1. The summed E-state index contributed by atoms with van der Waals surface area (Å²) in [4.78, 5) is 69.7. The van der Waals surface area contributed by atoms with Crippen LogP contribution in [0.4, 0.5) is 0 Å². The van der Waals surface area contributed by atoms with Crippen molar-refractivity contribution in [1.82, 2.24) is 5.32 Å². The molecule has 4 rings (SSSR count). The number of aliphatic hydroxyl groups is 3. The first-order chi connectivity index (χ1) is 30.7. The minimum atomic E-state index is -2.36. The van der Waals surface area contributed by atoms with Crippen LogP contribution in [0.5, 0.6) is 0 Å². The molecular weight excluding hydrogens is 835 g/mol. The minimum absolute atomic E-state index is 0.0183. The van der Waals surface area contributed by atoms with Crippen molar-refractivity contribution in [1.29, 1.82) is 0 Å². The number of methoxy groups -OCH3 is 3. The molecule has 14 heteroatoms. The van der Waals surface area contributed by atoms with Gasteiger partial charge in [0.25, 0.3) is 5.78 Å². The Morgan fingerprint density at radius 1 is 0.831 bits per heavy atom. The van der Waals surface area contributed by atoms with Gasteiger partial charge in [0.2, 0.25) is 11.6 Å². The average molecular weight is 914 g/mol. The Bertz CT molecular complexity index is 1760. The summed E-state index contributed by atoms with van der Waals surface area (Å²) >= 11 is 0. The number of Topliss-reactive ketones (excluding diaryl/α,β-unsaturated/α-hetero) is 4. The second kappa shape index (κ2) is 25.2. The summed E-state index contributed by atoms with van der Waals surface area (Å²) in [5.41, 5.74) is 1.28. The number of nitrogens with one attached hydrogen (secondary N) is 1. The van der Waals surface area contributed by atoms with Gasteiger partial charge in [0.1, 0.15) is 30.1 Å². The van der Waals surface area contributed by atoms with Crippen molar-refractivity contribution in [2.45, 2.75) is 186 Å². The van der Waals surface area contributed by atoms with Gasteiger partial charge in [0, 0.05) is 51.9 Å². The number of carbonyl (C=O) groups excluding carboxylic acids is 5. The molecule has 0 radical (unpaired) electrons. The van der Waals surface area contributed by atoms with E-state index in [1.165, 1.54) is 7.11 Å². The van der Waals surface area contributed by atoms with Gasteiger partial charge < -0.3 is 39.0 Å². The first-order valence-corrected chi connectivity index (χ1v) is 23.9. The largest absolute Gasteiger partial charge is 0.460 e. The summed E-state index contributed by atoms with van der Waals surface area (Å²) < 4.78 is 29.2. The molecule has 0 aromatic rings. The summed E-state index contributed by atoms with van der Waals surface area (Å²) in [6.45, 7) is 12.7. The first kappa shape index (κ1) is 54.4. The van der Waals surface area contributed by atoms with Crippen molar-refractivity contribution in [2.75, 3.05) is 21.3 Å². The number of carbonyl (C=O) groups is 5. The first-order valence-electron chi connectivity index (χ1n) is 23.9. The topological polar surface area (TPSA) is 204 Å². The van der Waals surface area contributed by atoms with Crippen molar-refractivity contribution in [2.24, 2.45) is 35.5 Å². The zero-order valence-electron chi connectivity index (χ0n) is 40.5. The molecule has 3 aliphatic heterocycles. The Balaban J connectivity index is 1.66. The Hall–Kier alpha value is -3.21. The molecule has 0 aromatic heterocycles. The molecule has 0 amide bonds. The SMILES string of the molecule is COC1CC2CCC(C)C(O)(O2)C(=O)C(=O)C2CCCC(N2)C(=O)OC(C(C)CC2CCC(O)C(OC)C2)CC(=O)C(C)/C=C(\C)C(O)C(OC)C(=O)C(C)CC(C)/C=C/C=C/C=C/1C. The summed E-state index contributed by atoms with van der Waals surface area (Å²) in [5.74, 6) is -7.43. The molecule has 3 heterocycles. The monoisotopic (exact) mass is 914 g/mol. The van der Waals surface area contributed by atoms with Crippen LogP contribution in [0.1, 0.15) is 126 Å². The fourth-order valence-electron chi connectivity index (χ4n) is 10.1. The van der Waals surface area contributed by atoms with E-state index in [1.807, 2.05) is 58.1 Å². The second-order valence-electron chi connectivity index (χ2n) is 19.6. The smallest absolute Gasteiger partial charge is 0.323 e. The zero-order chi connectivity index (χ0) is 48.2. The van der Waals surface area contributed by atoms with E-state index in [2.05, 4.69) is 5.32 Å². The van der Waals surface area contributed by atoms with Crippen LogP contribution in [0.25, 0.3) is 0 Å². The molecule has 4 N–H and O–H groups in total. The number of ether oxygens (including phenoxy) is 5. The van der Waals surface area contributed by atoms with Crippen LogP contribution in [0.2, 0.25) is 0 Å². The molecule has 366 valence electrons. The average Bonchev–Trinajstić information content (AvgIpc) is 3.28. The van der Waals surface area contributed by atoms with E-state index < -0.39 is 89.8 Å². The highest BCUT2D eigenvalue weighted by Crippen LogP contribution is 2.37. The van der Waals surface area contributed by atoms with Gasteiger partial charge in [0.05, 0.1) is 30.5 Å². The van der Waals surface area contributed by atoms with Gasteiger partial charge in [-0.1, -0.05) is 71.1 Å². The standard InChI is InChI=1S/C51H79NO13/c1-29-15-12-11-13-16-30(2)42(61-8)27-37-21-19-35(7)51(60,65-37)49(58)47(57)38-17-14-18-39(52-38)50(59)64-43(32(4)25-36-20-22-40(53)44(26-36)62-9)28-41(54)31(3)24-34(6)46(56)48(63-10)45(55)33(5)23-29/h11-13,15-16,24,29,31-33,35-40,42-44,46,48,52-53,56,60H,14,17-23,25-28H2,1-10H3/b13-11+,15-12+,30-16+,34-24+. The lowest BCUT2D eigenvalue weighted by atomic mass is 9.78. The molecule has 0 spiro atoms. The molecule has 4 bridgehead atoms. The number of hydrogen-bond acceptors (Lipinski definition) is 14. The van der Waals surface area contributed by atoms with E-state index in [0.717, 1.165) is 12.0 Å². The quantitative estimate of drug-likeness (QED) is 0.140. The molecule has 65 heavy (non-hydrogen) atoms. The van der Waals surface area contributed by atoms with Crippen LogP contribution in [-0.2, 0) is 47.7 Å². The van der Waals surface area contributed by atoms with Gasteiger partial charge in [-0.3, -0.25) is 29.3 Å². The molecule has 2 saturated heterocycles. The van der Waals surface area contributed by atoms with E-state index in [4.69, 9.17) is 23.7 Å². The van der Waals surface area contributed by atoms with Crippen molar-refractivity contribution in [3.05, 3.63) is 47.6 Å². The number of esters is 1. The normalized spacial score (nSPS) is 41.5. The summed E-state index contributed by atoms with van der Waals surface area (Å²) in [7, 11) is 4.53. The third-order valence-electron chi connectivity index (χ3n) is 14.5. The Morgan fingerprint density at radius 2 is 1.54 bits per heavy atom. The molecule has 14 nitrogen and oxygen atoms in total. The van der Waals surface area contributed by atoms with E-state index >= 15 is 0 Å². The van der Waals surface area contributed by atoms with E-state index in [-0.39, 0.29) is 48.3 Å². The second-order valence-corrected chi connectivity index (χ2v) is 19.6. The fourth-order valence-corrected chi connectivity index (χ4v) is 10.1. The molecule has 0 aromatic carbocycles. The molecule has 16 atom stereocenters. The predicted molar refractivity (Wildman–Crippen MR) is 245 cm³/mol. The van der Waals surface area contributed by atoms with Gasteiger partial charge in [0.15, 0.2) is 5.78 Å². The molecule has 3 fully saturated rings. The van der Waals surface area contributed by atoms with Crippen LogP contribution in [0, 0.1) is 35.5 Å². The summed E-state index contributed by atoms with van der Waals surface area (Å²) in [6, 6.07) is -2.03. The molecule has 1 saturated carbocycles. The third kappa shape index (κ3) is 14.6. The summed E-state index contributed by atoms with van der Waals surface area (Å²) in [5, 5.41) is 36.7. The van der Waals surface area contributed by atoms with Crippen molar-refractivity contribution in [3.8, 4) is 0 Å². The molecule has 16 unspecified atom stereocenters. The summed E-state index contributed by atoms with van der Waals surface area (Å²) in [6.07, 6.45) is 11.2. The number of cyclic esters (lactones) is 1. The maximum atomic E-state index is 14.1.